The van der Waals surface area contributed by atoms with Crippen molar-refractivity contribution in [2.24, 2.45) is 0 Å². The number of aryl methyl sites for hydroxylation is 2. The van der Waals surface area contributed by atoms with Crippen LogP contribution in [-0.2, 0) is 0 Å². The number of nitrogens with one attached hydrogen (secondary N) is 1. The summed E-state index contributed by atoms with van der Waals surface area (Å²) in [5, 5.41) is 4.26. The fourth-order valence-corrected chi connectivity index (χ4v) is 4.94. The summed E-state index contributed by atoms with van der Waals surface area (Å²) in [5.41, 5.74) is 8.03. The van der Waals surface area contributed by atoms with Gasteiger partial charge in [-0.3, -0.25) is 4.98 Å². The molecule has 0 bridgehead atoms. The van der Waals surface area contributed by atoms with Crippen LogP contribution in [0.15, 0.2) is 85.2 Å². The maximum atomic E-state index is 5.90. The van der Waals surface area contributed by atoms with Crippen LogP contribution in [0.2, 0.25) is 0 Å². The van der Waals surface area contributed by atoms with Gasteiger partial charge in [0.15, 0.2) is 5.11 Å². The van der Waals surface area contributed by atoms with Crippen LogP contribution in [-0.4, -0.2) is 28.8 Å². The Morgan fingerprint density at radius 2 is 1.65 bits per heavy atom. The number of hydrogen-bond acceptors (Lipinski definition) is 3. The molecule has 3 heterocycles. The van der Waals surface area contributed by atoms with Crippen LogP contribution in [0.1, 0.15) is 34.6 Å². The summed E-state index contributed by atoms with van der Waals surface area (Å²) in [6.45, 7) is 4.30. The Bertz CT molecular complexity index is 1310. The molecule has 2 atom stereocenters. The molecule has 1 aliphatic rings. The van der Waals surface area contributed by atoms with E-state index in [9.17, 15) is 0 Å². The molecule has 2 aromatic carbocycles. The Labute approximate surface area is 206 Å². The topological polar surface area (TPSA) is 36.3 Å². The molecule has 5 nitrogen and oxygen atoms in total. The van der Waals surface area contributed by atoms with Crippen LogP contribution in [0.25, 0.3) is 5.69 Å². The van der Waals surface area contributed by atoms with Gasteiger partial charge in [0.2, 0.25) is 0 Å². The Morgan fingerprint density at radius 3 is 2.32 bits per heavy atom. The standard InChI is InChI=1S/C28H29N5S/c1-19-10-11-23(18-20(19)2)32-17-7-9-25(32)27-26(24-8-5-6-16-29-24)30-28(34)33(27)22-14-12-21(13-15-22)31(3)4/h5-18,26-27H,1-4H3,(H,30,34)/t26-,27+/m0/s1. The Balaban J connectivity index is 1.64. The normalized spacial score (nSPS) is 17.6. The van der Waals surface area contributed by atoms with Crippen molar-refractivity contribution in [2.45, 2.75) is 25.9 Å². The van der Waals surface area contributed by atoms with E-state index in [4.69, 9.17) is 12.2 Å². The fourth-order valence-electron chi connectivity index (χ4n) is 4.59. The highest BCUT2D eigenvalue weighted by molar-refractivity contribution is 7.80. The molecule has 0 radical (unpaired) electrons. The number of hydrogen-bond donors (Lipinski definition) is 1. The smallest absolute Gasteiger partial charge is 0.174 e. The second kappa shape index (κ2) is 8.95. The molecule has 172 valence electrons. The molecule has 0 saturated carbocycles. The van der Waals surface area contributed by atoms with Gasteiger partial charge in [-0.15, -0.1) is 0 Å². The lowest BCUT2D eigenvalue weighted by molar-refractivity contribution is 0.549. The zero-order valence-corrected chi connectivity index (χ0v) is 20.8. The lowest BCUT2D eigenvalue weighted by atomic mass is 10.0. The van der Waals surface area contributed by atoms with Gasteiger partial charge in [0.25, 0.3) is 0 Å². The summed E-state index contributed by atoms with van der Waals surface area (Å²) in [5.74, 6) is 0. The molecule has 4 aromatic rings. The van der Waals surface area contributed by atoms with Crippen LogP contribution in [0.4, 0.5) is 11.4 Å². The average molecular weight is 468 g/mol. The van der Waals surface area contributed by atoms with Crippen LogP contribution < -0.4 is 15.1 Å². The van der Waals surface area contributed by atoms with Crippen molar-refractivity contribution in [1.82, 2.24) is 14.9 Å². The minimum absolute atomic E-state index is 0.0655. The first-order valence-electron chi connectivity index (χ1n) is 11.5. The average Bonchev–Trinajstić information content (AvgIpc) is 3.45. The van der Waals surface area contributed by atoms with Crippen molar-refractivity contribution in [3.8, 4) is 5.69 Å². The molecule has 5 rings (SSSR count). The highest BCUT2D eigenvalue weighted by atomic mass is 32.1. The Hall–Kier alpha value is -3.64. The first-order chi connectivity index (χ1) is 16.4. The van der Waals surface area contributed by atoms with E-state index >= 15 is 0 Å². The summed E-state index contributed by atoms with van der Waals surface area (Å²) in [7, 11) is 4.10. The summed E-state index contributed by atoms with van der Waals surface area (Å²) in [6, 6.07) is 25.3. The lowest BCUT2D eigenvalue weighted by Gasteiger charge is -2.29. The van der Waals surface area contributed by atoms with Crippen molar-refractivity contribution in [3.63, 3.8) is 0 Å². The third-order valence-electron chi connectivity index (χ3n) is 6.59. The molecule has 0 spiro atoms. The molecule has 0 amide bonds. The van der Waals surface area contributed by atoms with Gasteiger partial charge in [-0.05, 0) is 97.9 Å². The van der Waals surface area contributed by atoms with Gasteiger partial charge in [0, 0.05) is 49.2 Å². The number of anilines is 2. The van der Waals surface area contributed by atoms with E-state index < -0.39 is 0 Å². The van der Waals surface area contributed by atoms with E-state index in [0.29, 0.717) is 5.11 Å². The number of pyridine rings is 1. The monoisotopic (exact) mass is 467 g/mol. The first kappa shape index (κ1) is 22.2. The summed E-state index contributed by atoms with van der Waals surface area (Å²) in [6.07, 6.45) is 3.97. The summed E-state index contributed by atoms with van der Waals surface area (Å²) in [4.78, 5) is 9.01. The molecular weight excluding hydrogens is 438 g/mol. The van der Waals surface area contributed by atoms with Gasteiger partial charge in [-0.25, -0.2) is 0 Å². The maximum Gasteiger partial charge on any atom is 0.174 e. The van der Waals surface area contributed by atoms with Crippen LogP contribution in [0.5, 0.6) is 0 Å². The number of thiocarbonyl (C=S) groups is 1. The predicted octanol–water partition coefficient (Wildman–Crippen LogP) is 5.73. The predicted molar refractivity (Wildman–Crippen MR) is 144 cm³/mol. The molecule has 0 aliphatic carbocycles. The number of benzene rings is 2. The largest absolute Gasteiger partial charge is 0.378 e. The fraction of sp³-hybridized carbons (Fsp3) is 0.214. The summed E-state index contributed by atoms with van der Waals surface area (Å²) >= 11 is 5.90. The van der Waals surface area contributed by atoms with Gasteiger partial charge in [-0.1, -0.05) is 12.1 Å². The quantitative estimate of drug-likeness (QED) is 0.379. The molecule has 2 aromatic heterocycles. The Kier molecular flexibility index (Phi) is 5.84. The zero-order chi connectivity index (χ0) is 23.8. The number of rotatable bonds is 5. The van der Waals surface area contributed by atoms with Crippen molar-refractivity contribution in [3.05, 3.63) is 108 Å². The first-order valence-corrected chi connectivity index (χ1v) is 11.9. The van der Waals surface area contributed by atoms with Crippen LogP contribution in [0, 0.1) is 13.8 Å². The van der Waals surface area contributed by atoms with Gasteiger partial charge in [0.1, 0.15) is 6.04 Å². The summed E-state index contributed by atoms with van der Waals surface area (Å²) < 4.78 is 2.27. The number of aromatic nitrogens is 2. The third-order valence-corrected chi connectivity index (χ3v) is 6.91. The van der Waals surface area contributed by atoms with E-state index in [1.54, 1.807) is 0 Å². The Morgan fingerprint density at radius 1 is 0.882 bits per heavy atom. The molecular formula is C28H29N5S. The molecule has 1 aliphatic heterocycles. The van der Waals surface area contributed by atoms with Gasteiger partial charge < -0.3 is 19.7 Å². The lowest BCUT2D eigenvalue weighted by Crippen LogP contribution is -2.30. The van der Waals surface area contributed by atoms with E-state index in [1.165, 1.54) is 11.1 Å². The van der Waals surface area contributed by atoms with Crippen molar-refractivity contribution < 1.29 is 0 Å². The molecule has 1 saturated heterocycles. The van der Waals surface area contributed by atoms with E-state index in [1.807, 2.05) is 32.4 Å². The van der Waals surface area contributed by atoms with E-state index in [-0.39, 0.29) is 12.1 Å². The van der Waals surface area contributed by atoms with Crippen molar-refractivity contribution in [1.29, 1.82) is 0 Å². The second-order valence-electron chi connectivity index (χ2n) is 8.98. The van der Waals surface area contributed by atoms with Crippen molar-refractivity contribution in [2.75, 3.05) is 23.9 Å². The minimum atomic E-state index is -0.0811. The van der Waals surface area contributed by atoms with Crippen LogP contribution in [0.3, 0.4) is 0 Å². The van der Waals surface area contributed by atoms with E-state index in [2.05, 4.69) is 105 Å². The maximum absolute atomic E-state index is 5.90. The zero-order valence-electron chi connectivity index (χ0n) is 19.9. The van der Waals surface area contributed by atoms with E-state index in [0.717, 1.165) is 28.5 Å². The number of nitrogens with zero attached hydrogens (tertiary/aromatic N) is 4. The second-order valence-corrected chi connectivity index (χ2v) is 9.37. The van der Waals surface area contributed by atoms with Gasteiger partial charge in [0.05, 0.1) is 11.7 Å². The third kappa shape index (κ3) is 3.94. The SMILES string of the molecule is Cc1ccc(-n2cccc2[C@@H]2[C@H](c3ccccn3)NC(=S)N2c2ccc(N(C)C)cc2)cc1C. The molecule has 1 fully saturated rings. The highest BCUT2D eigenvalue weighted by Gasteiger charge is 2.42. The van der Waals surface area contributed by atoms with Crippen molar-refractivity contribution >= 4 is 28.7 Å². The molecule has 6 heteroatoms. The van der Waals surface area contributed by atoms with Gasteiger partial charge >= 0.3 is 0 Å². The molecule has 0 unspecified atom stereocenters. The molecule has 1 N–H and O–H groups in total. The molecule has 34 heavy (non-hydrogen) atoms. The highest BCUT2D eigenvalue weighted by Crippen LogP contribution is 2.42. The van der Waals surface area contributed by atoms with Crippen LogP contribution >= 0.6 is 12.2 Å². The minimum Gasteiger partial charge on any atom is -0.378 e. The van der Waals surface area contributed by atoms with Gasteiger partial charge in [-0.2, -0.15) is 0 Å².